The molecule has 82 valence electrons. The molecule has 1 rings (SSSR count). The second-order valence-corrected chi connectivity index (χ2v) is 3.28. The molecule has 0 fully saturated rings. The summed E-state index contributed by atoms with van der Waals surface area (Å²) < 4.78 is 0. The smallest absolute Gasteiger partial charge is 0.273 e. The van der Waals surface area contributed by atoms with E-state index in [2.05, 4.69) is 10.7 Å². The molecule has 0 spiro atoms. The summed E-state index contributed by atoms with van der Waals surface area (Å²) in [7, 11) is 5.36. The zero-order valence-corrected chi connectivity index (χ0v) is 8.94. The first-order chi connectivity index (χ1) is 7.02. The standard InChI is InChI=1S/C9H14N4O2/c1-10-7-4-8(11-12(2)3)6-9(5-7)13(14)15/h4-6,10-11H,1-3H3. The van der Waals surface area contributed by atoms with Crippen molar-refractivity contribution in [3.05, 3.63) is 28.3 Å². The fourth-order valence-electron chi connectivity index (χ4n) is 1.18. The second kappa shape index (κ2) is 4.61. The van der Waals surface area contributed by atoms with Crippen molar-refractivity contribution >= 4 is 17.1 Å². The van der Waals surface area contributed by atoms with Crippen LogP contribution in [0.4, 0.5) is 17.1 Å². The SMILES string of the molecule is CNc1cc(NN(C)C)cc([N+](=O)[O-])c1. The number of rotatable bonds is 4. The molecule has 6 nitrogen and oxygen atoms in total. The van der Waals surface area contributed by atoms with Gasteiger partial charge in [0, 0.05) is 39.0 Å². The van der Waals surface area contributed by atoms with Crippen LogP contribution in [0.25, 0.3) is 0 Å². The highest BCUT2D eigenvalue weighted by Gasteiger charge is 2.09. The van der Waals surface area contributed by atoms with Crippen LogP contribution in [0.3, 0.4) is 0 Å². The van der Waals surface area contributed by atoms with Crippen LogP contribution in [0.1, 0.15) is 0 Å². The molecule has 0 aliphatic heterocycles. The molecule has 0 heterocycles. The number of nitro benzene ring substituents is 1. The number of hydrogen-bond donors (Lipinski definition) is 2. The molecule has 6 heteroatoms. The van der Waals surface area contributed by atoms with Crippen LogP contribution < -0.4 is 10.7 Å². The summed E-state index contributed by atoms with van der Waals surface area (Å²) in [5, 5.41) is 15.2. The first-order valence-corrected chi connectivity index (χ1v) is 4.44. The van der Waals surface area contributed by atoms with E-state index in [9.17, 15) is 10.1 Å². The monoisotopic (exact) mass is 210 g/mol. The Morgan fingerprint density at radius 3 is 2.33 bits per heavy atom. The number of nitrogens with one attached hydrogen (secondary N) is 2. The molecule has 0 aliphatic rings. The summed E-state index contributed by atoms with van der Waals surface area (Å²) in [4.78, 5) is 10.2. The van der Waals surface area contributed by atoms with Gasteiger partial charge in [-0.1, -0.05) is 0 Å². The Hall–Kier alpha value is -1.82. The lowest BCUT2D eigenvalue weighted by Gasteiger charge is -2.14. The molecule has 15 heavy (non-hydrogen) atoms. The predicted molar refractivity (Wildman–Crippen MR) is 60.0 cm³/mol. The van der Waals surface area contributed by atoms with Gasteiger partial charge in [0.1, 0.15) is 0 Å². The number of nitro groups is 1. The van der Waals surface area contributed by atoms with Gasteiger partial charge in [-0.3, -0.25) is 10.1 Å². The van der Waals surface area contributed by atoms with Gasteiger partial charge in [-0.15, -0.1) is 0 Å². The molecule has 1 aromatic rings. The summed E-state index contributed by atoms with van der Waals surface area (Å²) in [6, 6.07) is 4.77. The van der Waals surface area contributed by atoms with E-state index in [-0.39, 0.29) is 5.69 Å². The van der Waals surface area contributed by atoms with Crippen molar-refractivity contribution in [3.8, 4) is 0 Å². The number of hydrazine groups is 1. The molecule has 0 saturated heterocycles. The third-order valence-electron chi connectivity index (χ3n) is 1.77. The maximum absolute atomic E-state index is 10.6. The molecule has 0 aliphatic carbocycles. The third kappa shape index (κ3) is 3.10. The minimum absolute atomic E-state index is 0.0613. The highest BCUT2D eigenvalue weighted by molar-refractivity contribution is 5.62. The van der Waals surface area contributed by atoms with Gasteiger partial charge in [-0.2, -0.15) is 0 Å². The van der Waals surface area contributed by atoms with Crippen LogP contribution in [-0.2, 0) is 0 Å². The Balaban J connectivity index is 3.05. The van der Waals surface area contributed by atoms with Gasteiger partial charge in [0.2, 0.25) is 0 Å². The molecule has 0 radical (unpaired) electrons. The van der Waals surface area contributed by atoms with Gasteiger partial charge in [0.25, 0.3) is 5.69 Å². The Bertz CT molecular complexity index is 365. The van der Waals surface area contributed by atoms with Crippen LogP contribution in [0.2, 0.25) is 0 Å². The van der Waals surface area contributed by atoms with E-state index in [0.717, 1.165) is 0 Å². The lowest BCUT2D eigenvalue weighted by atomic mass is 10.2. The molecule has 0 unspecified atom stereocenters. The zero-order chi connectivity index (χ0) is 11.4. The van der Waals surface area contributed by atoms with E-state index >= 15 is 0 Å². The van der Waals surface area contributed by atoms with Crippen molar-refractivity contribution in [2.24, 2.45) is 0 Å². The summed E-state index contributed by atoms with van der Waals surface area (Å²) >= 11 is 0. The van der Waals surface area contributed by atoms with Crippen LogP contribution in [0, 0.1) is 10.1 Å². The fraction of sp³-hybridized carbons (Fsp3) is 0.333. The Labute approximate surface area is 88.0 Å². The Morgan fingerprint density at radius 1 is 1.27 bits per heavy atom. The van der Waals surface area contributed by atoms with Gasteiger partial charge < -0.3 is 10.7 Å². The van der Waals surface area contributed by atoms with Gasteiger partial charge in [0.05, 0.1) is 10.6 Å². The van der Waals surface area contributed by atoms with Gasteiger partial charge in [-0.25, -0.2) is 5.01 Å². The first-order valence-electron chi connectivity index (χ1n) is 4.44. The minimum Gasteiger partial charge on any atom is -0.388 e. The van der Waals surface area contributed by atoms with E-state index in [1.165, 1.54) is 12.1 Å². The number of non-ortho nitro benzene ring substituents is 1. The average Bonchev–Trinajstić information content (AvgIpc) is 2.16. The van der Waals surface area contributed by atoms with Crippen LogP contribution in [0.15, 0.2) is 18.2 Å². The van der Waals surface area contributed by atoms with Crippen molar-refractivity contribution in [1.82, 2.24) is 5.01 Å². The molecule has 0 bridgehead atoms. The molecule has 1 aromatic carbocycles. The van der Waals surface area contributed by atoms with Crippen LogP contribution in [-0.4, -0.2) is 31.1 Å². The van der Waals surface area contributed by atoms with Crippen molar-refractivity contribution in [3.63, 3.8) is 0 Å². The van der Waals surface area contributed by atoms with Crippen LogP contribution in [0.5, 0.6) is 0 Å². The Morgan fingerprint density at radius 2 is 1.87 bits per heavy atom. The van der Waals surface area contributed by atoms with E-state index < -0.39 is 4.92 Å². The number of anilines is 2. The summed E-state index contributed by atoms with van der Waals surface area (Å²) in [6.45, 7) is 0. The summed E-state index contributed by atoms with van der Waals surface area (Å²) in [5.41, 5.74) is 4.41. The number of hydrogen-bond acceptors (Lipinski definition) is 5. The normalized spacial score (nSPS) is 10.1. The topological polar surface area (TPSA) is 70.4 Å². The lowest BCUT2D eigenvalue weighted by Crippen LogP contribution is -2.19. The lowest BCUT2D eigenvalue weighted by molar-refractivity contribution is -0.384. The van der Waals surface area contributed by atoms with Crippen molar-refractivity contribution in [2.45, 2.75) is 0 Å². The van der Waals surface area contributed by atoms with Gasteiger partial charge in [-0.05, 0) is 6.07 Å². The van der Waals surface area contributed by atoms with Crippen LogP contribution >= 0.6 is 0 Å². The second-order valence-electron chi connectivity index (χ2n) is 3.28. The van der Waals surface area contributed by atoms with Gasteiger partial charge in [0.15, 0.2) is 0 Å². The van der Waals surface area contributed by atoms with E-state index in [1.807, 2.05) is 14.1 Å². The largest absolute Gasteiger partial charge is 0.388 e. The first kappa shape index (κ1) is 11.3. The molecule has 0 atom stereocenters. The molecule has 2 N–H and O–H groups in total. The highest BCUT2D eigenvalue weighted by atomic mass is 16.6. The molecule has 0 saturated carbocycles. The maximum Gasteiger partial charge on any atom is 0.273 e. The highest BCUT2D eigenvalue weighted by Crippen LogP contribution is 2.23. The minimum atomic E-state index is -0.415. The maximum atomic E-state index is 10.6. The predicted octanol–water partition coefficient (Wildman–Crippen LogP) is 1.52. The summed E-state index contributed by atoms with van der Waals surface area (Å²) in [6.07, 6.45) is 0. The number of nitrogens with zero attached hydrogens (tertiary/aromatic N) is 2. The average molecular weight is 210 g/mol. The molecule has 0 amide bonds. The Kier molecular flexibility index (Phi) is 3.46. The molecular weight excluding hydrogens is 196 g/mol. The van der Waals surface area contributed by atoms with Gasteiger partial charge >= 0.3 is 0 Å². The number of benzene rings is 1. The quantitative estimate of drug-likeness (QED) is 0.582. The fourth-order valence-corrected chi connectivity index (χ4v) is 1.18. The van der Waals surface area contributed by atoms with Crippen molar-refractivity contribution in [2.75, 3.05) is 31.9 Å². The van der Waals surface area contributed by atoms with E-state index in [1.54, 1.807) is 18.1 Å². The third-order valence-corrected chi connectivity index (χ3v) is 1.77. The molecule has 0 aromatic heterocycles. The summed E-state index contributed by atoms with van der Waals surface area (Å²) in [5.74, 6) is 0. The van der Waals surface area contributed by atoms with Crippen molar-refractivity contribution < 1.29 is 4.92 Å². The molecular formula is C9H14N4O2. The zero-order valence-electron chi connectivity index (χ0n) is 8.94. The van der Waals surface area contributed by atoms with Crippen molar-refractivity contribution in [1.29, 1.82) is 0 Å². The van der Waals surface area contributed by atoms with E-state index in [4.69, 9.17) is 0 Å². The van der Waals surface area contributed by atoms with E-state index in [0.29, 0.717) is 11.4 Å².